The molecule has 1 N–H and O–H groups in total. The standard InChI is InChI=1S/C55H53ClN6O13S4.Na/c1-2-3-24-59-53(64)40(17-21-47-61(26-8-13-49(61)78(67,68)69)42-18-14-36-10-5-7-12-39(36)52(42)75-47)54(65)60(55(59)66)34-45(63)57-23-28-73-30-31-74-29-25-58-41-32-37(56)16-20-43(41)76-46(58)33-48-62(27-22-50(62)79(70,71)72)51-38-11-6-4-9-35(38)15-19-44(51)77-48;/h4-7,9-12,14-21,32-33,49-50H,2-3,8,13,22-31,34H2,1H3;/q;+1/p+1. The second kappa shape index (κ2) is 23.3. The molecule has 6 aromatic rings. The van der Waals surface area contributed by atoms with Gasteiger partial charge in [-0.2, -0.15) is 4.57 Å². The molecule has 3 fully saturated rings. The van der Waals surface area contributed by atoms with Gasteiger partial charge in [-0.15, -0.1) is 0 Å². The number of rotatable bonds is 18. The Hall–Kier alpha value is -5.09. The van der Waals surface area contributed by atoms with Crippen molar-refractivity contribution in [1.82, 2.24) is 24.1 Å². The van der Waals surface area contributed by atoms with E-state index in [1.54, 1.807) is 12.1 Å². The summed E-state index contributed by atoms with van der Waals surface area (Å²) in [6.07, 6.45) is 6.17. The van der Waals surface area contributed by atoms with Crippen LogP contribution in [0.4, 0.5) is 16.2 Å². The number of benzene rings is 5. The molecule has 80 heavy (non-hydrogen) atoms. The number of nitrogens with one attached hydrogen (secondary N) is 1. The van der Waals surface area contributed by atoms with Gasteiger partial charge in [-0.05, 0) is 65.4 Å². The molecule has 25 heteroatoms. The third-order valence-corrected chi connectivity index (χ3v) is 20.4. The summed E-state index contributed by atoms with van der Waals surface area (Å²) >= 11 is 9.49. The predicted molar refractivity (Wildman–Crippen MR) is 298 cm³/mol. The number of allylic oxidation sites excluding steroid dienone is 2. The van der Waals surface area contributed by atoms with Crippen molar-refractivity contribution in [3.63, 3.8) is 0 Å². The van der Waals surface area contributed by atoms with Crippen LogP contribution in [0.5, 0.6) is 5.75 Å². The largest absolute Gasteiger partial charge is 1.00 e. The zero-order valence-electron chi connectivity index (χ0n) is 43.7. The van der Waals surface area contributed by atoms with Gasteiger partial charge in [0, 0.05) is 59.9 Å². The van der Waals surface area contributed by atoms with E-state index in [0.29, 0.717) is 59.1 Å². The summed E-state index contributed by atoms with van der Waals surface area (Å²) in [7, 11) is -9.57. The van der Waals surface area contributed by atoms with Crippen LogP contribution in [0.15, 0.2) is 125 Å². The van der Waals surface area contributed by atoms with Gasteiger partial charge < -0.3 is 28.6 Å². The monoisotopic (exact) mass is 1190 g/mol. The number of urea groups is 1. The molecule has 5 aromatic carbocycles. The predicted octanol–water partition coefficient (Wildman–Crippen LogP) is 4.41. The Morgan fingerprint density at radius 1 is 0.838 bits per heavy atom. The number of ether oxygens (including phenoxy) is 3. The van der Waals surface area contributed by atoms with E-state index in [4.69, 9.17) is 25.8 Å². The normalized spacial score (nSPS) is 23.2. The Morgan fingerprint density at radius 3 is 2.25 bits per heavy atom. The van der Waals surface area contributed by atoms with Gasteiger partial charge in [0.05, 0.1) is 50.3 Å². The first-order valence-corrected chi connectivity index (χ1v) is 30.8. The van der Waals surface area contributed by atoms with E-state index >= 15 is 0 Å². The van der Waals surface area contributed by atoms with Gasteiger partial charge in [0.1, 0.15) is 23.4 Å². The van der Waals surface area contributed by atoms with Crippen LogP contribution in [-0.4, -0.2) is 129 Å². The topological polar surface area (TPSA) is 233 Å². The molecule has 5 aliphatic rings. The average molecular weight is 1190 g/mol. The molecule has 1 aromatic heterocycles. The van der Waals surface area contributed by atoms with Gasteiger partial charge in [-0.25, -0.2) is 35.5 Å². The molecule has 412 valence electrons. The maximum absolute atomic E-state index is 14.1. The first-order chi connectivity index (χ1) is 37.9. The first kappa shape index (κ1) is 58.1. The van der Waals surface area contributed by atoms with Gasteiger partial charge in [0.25, 0.3) is 16.8 Å². The molecule has 0 radical (unpaired) electrons. The number of hydrogen-bond donors (Lipinski definition) is 1. The summed E-state index contributed by atoms with van der Waals surface area (Å²) in [6.45, 7) is 2.87. The second-order valence-corrected chi connectivity index (χ2v) is 25.4. The third kappa shape index (κ3) is 10.5. The van der Waals surface area contributed by atoms with Crippen LogP contribution in [0.1, 0.15) is 44.0 Å². The molecule has 0 aliphatic carbocycles. The number of halogens is 1. The summed E-state index contributed by atoms with van der Waals surface area (Å²) in [5.74, 6) is -2.24. The van der Waals surface area contributed by atoms with Gasteiger partial charge in [0.15, 0.2) is 53.9 Å². The van der Waals surface area contributed by atoms with Crippen molar-refractivity contribution in [3.8, 4) is 5.75 Å². The Balaban J connectivity index is 0.00000720. The van der Waals surface area contributed by atoms with Crippen molar-refractivity contribution in [2.24, 2.45) is 0 Å². The maximum Gasteiger partial charge on any atom is 1.00 e. The Morgan fingerprint density at radius 2 is 1.52 bits per heavy atom. The number of barbiturate groups is 1. The van der Waals surface area contributed by atoms with Crippen molar-refractivity contribution in [1.29, 1.82) is 0 Å². The van der Waals surface area contributed by atoms with E-state index in [9.17, 15) is 45.1 Å². The minimum Gasteiger partial charge on any atom is -0.743 e. The van der Waals surface area contributed by atoms with Gasteiger partial charge in [-0.3, -0.25) is 19.3 Å². The fourth-order valence-corrected chi connectivity index (χ4v) is 16.7. The zero-order chi connectivity index (χ0) is 55.4. The van der Waals surface area contributed by atoms with Crippen LogP contribution in [-0.2, 0) is 50.6 Å². The van der Waals surface area contributed by atoms with Crippen molar-refractivity contribution in [2.45, 2.75) is 61.2 Å². The number of carbonyl (C=O) groups excluding carboxylic acids is 4. The number of hydrogen-bond acceptors (Lipinski definition) is 15. The molecular formula is C55H54ClN6NaO13S4+2. The van der Waals surface area contributed by atoms with Crippen LogP contribution in [0.25, 0.3) is 37.8 Å². The number of thioether (sulfide) groups is 1. The fraction of sp³-hybridized carbons (Fsp3) is 0.327. The quantitative estimate of drug-likeness (QED) is 0.0239. The van der Waals surface area contributed by atoms with Crippen LogP contribution in [0.3, 0.4) is 0 Å². The molecule has 4 atom stereocenters. The molecule has 3 saturated heterocycles. The van der Waals surface area contributed by atoms with Crippen molar-refractivity contribution in [3.05, 3.63) is 130 Å². The number of carbonyl (C=O) groups is 4. The van der Waals surface area contributed by atoms with Crippen molar-refractivity contribution >= 4 is 128 Å². The molecule has 4 unspecified atom stereocenters. The molecule has 2 spiro atoms. The zero-order valence-corrected chi connectivity index (χ0v) is 49.7. The Kier molecular flexibility index (Phi) is 16.9. The van der Waals surface area contributed by atoms with Crippen LogP contribution in [0, 0.1) is 0 Å². The number of imide groups is 2. The number of amides is 5. The number of quaternary nitrogens is 2. The smallest absolute Gasteiger partial charge is 0.743 e. The summed E-state index contributed by atoms with van der Waals surface area (Å²) in [5, 5.41) is 5.51. The minimum absolute atomic E-state index is 0. The molecule has 0 bridgehead atoms. The third-order valence-electron chi connectivity index (χ3n) is 15.3. The minimum atomic E-state index is -4.89. The van der Waals surface area contributed by atoms with E-state index in [2.05, 4.69) is 9.88 Å². The molecule has 11 rings (SSSR count). The Labute approximate surface area is 497 Å². The number of aromatic nitrogens is 1. The summed E-state index contributed by atoms with van der Waals surface area (Å²) in [4.78, 5) is 57.5. The summed E-state index contributed by atoms with van der Waals surface area (Å²) in [6, 6.07) is 27.3. The molecule has 6 heterocycles. The summed E-state index contributed by atoms with van der Waals surface area (Å²) < 4.78 is 97.7. The van der Waals surface area contributed by atoms with Gasteiger partial charge >= 0.3 is 41.5 Å². The van der Waals surface area contributed by atoms with Crippen LogP contribution >= 0.6 is 34.7 Å². The van der Waals surface area contributed by atoms with Crippen LogP contribution < -0.4 is 53.1 Å². The van der Waals surface area contributed by atoms with E-state index in [-0.39, 0.29) is 98.8 Å². The molecule has 5 aliphatic heterocycles. The SMILES string of the molecule is CCCCN1C(=O)C(=CC=C2Oc3c(ccc4ccccc34)[N+]23CCCC3S(=O)(=O)[O-])C(=O)N(CC(=O)NCCOCCOCC[n+]2c(C=C3Sc4ccc5ccccc5c4[N+]34CCC4S(=O)(=O)[O-])sc3ccc(Cl)cc32)C1=O.[Na+]. The van der Waals surface area contributed by atoms with Crippen molar-refractivity contribution in [2.75, 3.05) is 59.2 Å². The van der Waals surface area contributed by atoms with Crippen LogP contribution in [0.2, 0.25) is 5.02 Å². The average Bonchev–Trinajstić information content (AvgIpc) is 4.14. The molecule has 0 saturated carbocycles. The van der Waals surface area contributed by atoms with Gasteiger partial charge in [-0.1, -0.05) is 84.8 Å². The van der Waals surface area contributed by atoms with Crippen molar-refractivity contribution < 1.29 is 93.5 Å². The summed E-state index contributed by atoms with van der Waals surface area (Å²) in [5.41, 5.74) is 1.69. The van der Waals surface area contributed by atoms with E-state index in [1.165, 1.54) is 35.3 Å². The molecular weight excluding hydrogens is 1140 g/mol. The number of fused-ring (bicyclic) bond motifs is 9. The van der Waals surface area contributed by atoms with E-state index in [1.807, 2.05) is 91.9 Å². The van der Waals surface area contributed by atoms with E-state index < -0.39 is 71.3 Å². The van der Waals surface area contributed by atoms with Gasteiger partial charge in [0.2, 0.25) is 17.2 Å². The Bertz CT molecular complexity index is 3860. The number of nitrogens with zero attached hydrogens (tertiary/aromatic N) is 5. The fourth-order valence-electron chi connectivity index (χ4n) is 11.5. The number of unbranched alkanes of at least 4 members (excludes halogenated alkanes) is 1. The second-order valence-electron chi connectivity index (χ2n) is 19.8. The first-order valence-electron chi connectivity index (χ1n) is 25.9. The van der Waals surface area contributed by atoms with E-state index in [0.717, 1.165) is 51.9 Å². The molecule has 5 amide bonds. The maximum atomic E-state index is 14.1. The number of thiazole rings is 1. The molecule has 19 nitrogen and oxygen atoms in total.